The standard InChI is InChI=1S/C27H19N5O2/c28-24-16(1-3-18-11-13-33-26(18)24)5-7-20-8-9-21-22(31-32-23(21)15-30-20)10-6-17-2-4-19-12-14-34-27(19)25(17)29/h1-15H,28-29H2/b7-5+,10-6+. The van der Waals surface area contributed by atoms with Crippen molar-refractivity contribution in [2.75, 3.05) is 11.5 Å². The lowest BCUT2D eigenvalue weighted by atomic mass is 10.1. The Hall–Kier alpha value is -4.91. The quantitative estimate of drug-likeness (QED) is 0.321. The predicted molar refractivity (Wildman–Crippen MR) is 136 cm³/mol. The van der Waals surface area contributed by atoms with Gasteiger partial charge in [0, 0.05) is 27.5 Å². The van der Waals surface area contributed by atoms with E-state index in [-0.39, 0.29) is 0 Å². The third kappa shape index (κ3) is 3.36. The summed E-state index contributed by atoms with van der Waals surface area (Å²) in [6.45, 7) is 0. The zero-order valence-electron chi connectivity index (χ0n) is 18.0. The molecule has 4 heterocycles. The van der Waals surface area contributed by atoms with Crippen molar-refractivity contribution in [2.24, 2.45) is 0 Å². The lowest BCUT2D eigenvalue weighted by Crippen LogP contribution is -1.89. The van der Waals surface area contributed by atoms with E-state index in [0.29, 0.717) is 28.2 Å². The Kier molecular flexibility index (Phi) is 4.59. The van der Waals surface area contributed by atoms with E-state index in [4.69, 9.17) is 20.3 Å². The molecule has 6 rings (SSSR count). The van der Waals surface area contributed by atoms with E-state index >= 15 is 0 Å². The van der Waals surface area contributed by atoms with Crippen molar-refractivity contribution in [1.82, 2.24) is 15.2 Å². The lowest BCUT2D eigenvalue weighted by Gasteiger charge is -2.00. The van der Waals surface area contributed by atoms with Crippen LogP contribution in [-0.4, -0.2) is 15.2 Å². The second kappa shape index (κ2) is 7.90. The molecule has 7 nitrogen and oxygen atoms in total. The van der Waals surface area contributed by atoms with Crippen LogP contribution < -0.4 is 11.5 Å². The third-order valence-corrected chi connectivity index (χ3v) is 5.82. The molecule has 0 spiro atoms. The predicted octanol–water partition coefficient (Wildman–Crippen LogP) is 5.97. The monoisotopic (exact) mass is 445 g/mol. The van der Waals surface area contributed by atoms with Gasteiger partial charge in [-0.3, -0.25) is 4.98 Å². The minimum atomic E-state index is 0.592. The number of fused-ring (bicyclic) bond motifs is 3. The molecule has 0 unspecified atom stereocenters. The molecule has 164 valence electrons. The summed E-state index contributed by atoms with van der Waals surface area (Å²) in [7, 11) is 0. The molecule has 4 aromatic rings. The van der Waals surface area contributed by atoms with Crippen molar-refractivity contribution in [3.8, 4) is 11.3 Å². The number of nitrogen functional groups attached to an aromatic ring is 2. The highest BCUT2D eigenvalue weighted by Gasteiger charge is 2.11. The second-order valence-electron chi connectivity index (χ2n) is 7.88. The van der Waals surface area contributed by atoms with Gasteiger partial charge in [-0.25, -0.2) is 0 Å². The molecule has 0 radical (unpaired) electrons. The summed E-state index contributed by atoms with van der Waals surface area (Å²) in [5.74, 6) is 0. The Balaban J connectivity index is 1.30. The fourth-order valence-electron chi connectivity index (χ4n) is 3.96. The minimum absolute atomic E-state index is 0.592. The Bertz CT molecular complexity index is 1690. The second-order valence-corrected chi connectivity index (χ2v) is 7.88. The zero-order chi connectivity index (χ0) is 23.1. The van der Waals surface area contributed by atoms with Gasteiger partial charge in [-0.05, 0) is 36.4 Å². The van der Waals surface area contributed by atoms with Crippen LogP contribution in [0.2, 0.25) is 0 Å². The number of benzene rings is 2. The van der Waals surface area contributed by atoms with Crippen LogP contribution in [0.3, 0.4) is 0 Å². The molecule has 0 fully saturated rings. The van der Waals surface area contributed by atoms with Crippen LogP contribution in [0.1, 0.15) is 22.5 Å². The molecular formula is C27H19N5O2. The van der Waals surface area contributed by atoms with E-state index < -0.39 is 0 Å². The lowest BCUT2D eigenvalue weighted by molar-refractivity contribution is 0.617. The van der Waals surface area contributed by atoms with E-state index in [2.05, 4.69) is 15.2 Å². The summed E-state index contributed by atoms with van der Waals surface area (Å²) in [6, 6.07) is 15.5. The van der Waals surface area contributed by atoms with Crippen molar-refractivity contribution in [3.63, 3.8) is 0 Å². The maximum atomic E-state index is 6.26. The van der Waals surface area contributed by atoms with Crippen LogP contribution in [0.25, 0.3) is 57.5 Å². The summed E-state index contributed by atoms with van der Waals surface area (Å²) in [5, 5.41) is 10.5. The summed E-state index contributed by atoms with van der Waals surface area (Å²) in [5.41, 5.74) is 19.9. The molecule has 0 bridgehead atoms. The van der Waals surface area contributed by atoms with E-state index in [1.807, 2.05) is 72.8 Å². The van der Waals surface area contributed by atoms with Crippen molar-refractivity contribution in [1.29, 1.82) is 0 Å². The molecule has 2 aromatic carbocycles. The Morgan fingerprint density at radius 3 is 1.97 bits per heavy atom. The van der Waals surface area contributed by atoms with Crippen molar-refractivity contribution in [2.45, 2.75) is 0 Å². The highest BCUT2D eigenvalue weighted by atomic mass is 16.3. The SMILES string of the molecule is Nc1c(/C=C/c2ccc3c(/C=C/c4ccc5ccoc5c4N)nnc-3cn2)ccc2ccoc12. The molecule has 2 aliphatic rings. The van der Waals surface area contributed by atoms with Crippen LogP contribution in [0.5, 0.6) is 0 Å². The first kappa shape index (κ1) is 19.8. The van der Waals surface area contributed by atoms with Crippen LogP contribution in [0.4, 0.5) is 11.4 Å². The molecule has 2 aromatic heterocycles. The summed E-state index contributed by atoms with van der Waals surface area (Å²) in [6.07, 6.45) is 12.6. The maximum Gasteiger partial charge on any atom is 0.157 e. The number of rotatable bonds is 4. The highest BCUT2D eigenvalue weighted by Crippen LogP contribution is 2.29. The van der Waals surface area contributed by atoms with Gasteiger partial charge in [0.2, 0.25) is 0 Å². The van der Waals surface area contributed by atoms with Crippen LogP contribution in [0, 0.1) is 0 Å². The van der Waals surface area contributed by atoms with Gasteiger partial charge in [0.25, 0.3) is 0 Å². The number of hydrogen-bond acceptors (Lipinski definition) is 7. The van der Waals surface area contributed by atoms with E-state index in [9.17, 15) is 0 Å². The molecule has 0 saturated heterocycles. The molecule has 2 aliphatic heterocycles. The molecule has 0 saturated carbocycles. The first-order chi connectivity index (χ1) is 16.7. The normalized spacial score (nSPS) is 12.1. The molecule has 4 N–H and O–H groups in total. The molecule has 7 heteroatoms. The van der Waals surface area contributed by atoms with E-state index in [1.165, 1.54) is 0 Å². The average Bonchev–Trinajstić information content (AvgIpc) is 3.57. The minimum Gasteiger partial charge on any atom is -0.462 e. The molecule has 0 aliphatic carbocycles. The maximum absolute atomic E-state index is 6.26. The Labute approximate surface area is 194 Å². The van der Waals surface area contributed by atoms with Gasteiger partial charge in [0.1, 0.15) is 5.69 Å². The van der Waals surface area contributed by atoms with Crippen molar-refractivity contribution >= 4 is 57.6 Å². The fraction of sp³-hybridized carbons (Fsp3) is 0. The van der Waals surface area contributed by atoms with Crippen molar-refractivity contribution < 1.29 is 8.83 Å². The smallest absolute Gasteiger partial charge is 0.157 e. The number of nitrogens with zero attached hydrogens (tertiary/aromatic N) is 3. The molecule has 34 heavy (non-hydrogen) atoms. The molecule has 0 atom stereocenters. The summed E-state index contributed by atoms with van der Waals surface area (Å²) < 4.78 is 11.0. The van der Waals surface area contributed by atoms with Gasteiger partial charge in [-0.15, -0.1) is 10.2 Å². The Morgan fingerprint density at radius 1 is 0.647 bits per heavy atom. The first-order valence-corrected chi connectivity index (χ1v) is 10.7. The average molecular weight is 445 g/mol. The summed E-state index contributed by atoms with van der Waals surface area (Å²) in [4.78, 5) is 4.53. The number of anilines is 2. The zero-order valence-corrected chi connectivity index (χ0v) is 18.0. The van der Waals surface area contributed by atoms with Gasteiger partial charge in [0.05, 0.1) is 41.5 Å². The van der Waals surface area contributed by atoms with E-state index in [0.717, 1.165) is 38.9 Å². The van der Waals surface area contributed by atoms with Crippen LogP contribution in [-0.2, 0) is 0 Å². The van der Waals surface area contributed by atoms with Gasteiger partial charge in [0.15, 0.2) is 11.2 Å². The number of aromatic nitrogens is 3. The largest absolute Gasteiger partial charge is 0.462 e. The highest BCUT2D eigenvalue weighted by molar-refractivity contribution is 5.95. The molecular weight excluding hydrogens is 426 g/mol. The molecule has 0 amide bonds. The van der Waals surface area contributed by atoms with Gasteiger partial charge >= 0.3 is 0 Å². The third-order valence-electron chi connectivity index (χ3n) is 5.82. The van der Waals surface area contributed by atoms with Gasteiger partial charge < -0.3 is 20.3 Å². The summed E-state index contributed by atoms with van der Waals surface area (Å²) >= 11 is 0. The van der Waals surface area contributed by atoms with Crippen LogP contribution in [0.15, 0.2) is 76.1 Å². The van der Waals surface area contributed by atoms with E-state index in [1.54, 1.807) is 18.7 Å². The number of hydrogen-bond donors (Lipinski definition) is 2. The topological polar surface area (TPSA) is 117 Å². The van der Waals surface area contributed by atoms with Crippen LogP contribution >= 0.6 is 0 Å². The van der Waals surface area contributed by atoms with Crippen molar-refractivity contribution in [3.05, 3.63) is 89.8 Å². The van der Waals surface area contributed by atoms with Gasteiger partial charge in [-0.2, -0.15) is 0 Å². The number of nitrogens with two attached hydrogens (primary N) is 2. The van der Waals surface area contributed by atoms with Gasteiger partial charge in [-0.1, -0.05) is 36.4 Å². The number of furan rings is 2. The first-order valence-electron chi connectivity index (χ1n) is 10.7. The fourth-order valence-corrected chi connectivity index (χ4v) is 3.96. The Morgan fingerprint density at radius 2 is 1.29 bits per heavy atom.